The Hall–Kier alpha value is -2.90. The van der Waals surface area contributed by atoms with Crippen LogP contribution < -0.4 is 0 Å². The summed E-state index contributed by atoms with van der Waals surface area (Å²) in [6, 6.07) is 10.2. The first-order valence-electron chi connectivity index (χ1n) is 9.99. The highest BCUT2D eigenvalue weighted by molar-refractivity contribution is 5.92. The number of carbonyl (C=O) groups is 2. The maximum Gasteiger partial charge on any atom is 0.416 e. The van der Waals surface area contributed by atoms with E-state index < -0.39 is 11.7 Å². The van der Waals surface area contributed by atoms with Crippen molar-refractivity contribution in [3.05, 3.63) is 65.5 Å². The van der Waals surface area contributed by atoms with Crippen LogP contribution in [0.25, 0.3) is 0 Å². The van der Waals surface area contributed by atoms with Crippen molar-refractivity contribution >= 4 is 11.8 Å². The summed E-state index contributed by atoms with van der Waals surface area (Å²) >= 11 is 0. The number of hydrogen-bond acceptors (Lipinski definition) is 3. The van der Waals surface area contributed by atoms with Crippen molar-refractivity contribution in [2.75, 3.05) is 13.1 Å². The largest absolute Gasteiger partial charge is 0.416 e. The van der Waals surface area contributed by atoms with Crippen molar-refractivity contribution in [2.45, 2.75) is 38.0 Å². The Labute approximate surface area is 172 Å². The Bertz CT molecular complexity index is 915. The number of likely N-dealkylation sites (tertiary alicyclic amines) is 2. The number of rotatable bonds is 3. The average Bonchev–Trinajstić information content (AvgIpc) is 2.75. The fourth-order valence-electron chi connectivity index (χ4n) is 4.39. The zero-order chi connectivity index (χ0) is 21.3. The van der Waals surface area contributed by atoms with Crippen LogP contribution in [-0.4, -0.2) is 45.7 Å². The Morgan fingerprint density at radius 1 is 1.10 bits per heavy atom. The summed E-state index contributed by atoms with van der Waals surface area (Å²) in [5.41, 5.74) is 0.379. The Morgan fingerprint density at radius 3 is 2.53 bits per heavy atom. The summed E-state index contributed by atoms with van der Waals surface area (Å²) in [4.78, 5) is 33.0. The highest BCUT2D eigenvalue weighted by Crippen LogP contribution is 2.34. The number of nitrogens with zero attached hydrogens (tertiary/aromatic N) is 3. The van der Waals surface area contributed by atoms with Crippen LogP contribution >= 0.6 is 0 Å². The first-order chi connectivity index (χ1) is 14.3. The number of halogens is 3. The molecule has 2 amide bonds. The van der Waals surface area contributed by atoms with Crippen LogP contribution in [0.5, 0.6) is 0 Å². The van der Waals surface area contributed by atoms with Gasteiger partial charge in [0.2, 0.25) is 5.91 Å². The lowest BCUT2D eigenvalue weighted by molar-refractivity contribution is -0.141. The number of pyridine rings is 1. The third-order valence-corrected chi connectivity index (χ3v) is 5.95. The highest BCUT2D eigenvalue weighted by Gasteiger charge is 2.40. The molecule has 0 bridgehead atoms. The van der Waals surface area contributed by atoms with Gasteiger partial charge in [-0.1, -0.05) is 18.2 Å². The van der Waals surface area contributed by atoms with E-state index in [1.807, 2.05) is 0 Å². The van der Waals surface area contributed by atoms with Crippen molar-refractivity contribution in [2.24, 2.45) is 5.92 Å². The average molecular weight is 417 g/mol. The number of fused-ring (bicyclic) bond motifs is 1. The molecule has 0 spiro atoms. The minimum absolute atomic E-state index is 0.0127. The minimum atomic E-state index is -4.38. The molecule has 2 aliphatic heterocycles. The zero-order valence-electron chi connectivity index (χ0n) is 16.3. The standard InChI is InChI=1S/C22H22F3N3O2/c23-22(24,25)17-7-4-15(5-8-17)13-28-19-10-12-27(14-16(19)6-9-20(28)29)21(30)18-3-1-2-11-26-18/h1-5,7-8,11,16,19H,6,9-10,12-14H2/t16-,19+/m0/s1. The predicted molar refractivity (Wildman–Crippen MR) is 103 cm³/mol. The molecule has 5 nitrogen and oxygen atoms in total. The van der Waals surface area contributed by atoms with Gasteiger partial charge in [-0.3, -0.25) is 14.6 Å². The number of amides is 2. The van der Waals surface area contributed by atoms with Gasteiger partial charge >= 0.3 is 6.18 Å². The van der Waals surface area contributed by atoms with Gasteiger partial charge in [-0.2, -0.15) is 13.2 Å². The van der Waals surface area contributed by atoms with E-state index in [1.165, 1.54) is 12.1 Å². The summed E-state index contributed by atoms with van der Waals surface area (Å²) in [5, 5.41) is 0. The lowest BCUT2D eigenvalue weighted by Gasteiger charge is -2.47. The fourth-order valence-corrected chi connectivity index (χ4v) is 4.39. The van der Waals surface area contributed by atoms with Crippen molar-refractivity contribution in [3.8, 4) is 0 Å². The van der Waals surface area contributed by atoms with E-state index in [4.69, 9.17) is 0 Å². The first-order valence-corrected chi connectivity index (χ1v) is 9.99. The fraction of sp³-hybridized carbons (Fsp3) is 0.409. The van der Waals surface area contributed by atoms with Crippen LogP contribution in [0.15, 0.2) is 48.7 Å². The molecule has 3 heterocycles. The molecule has 0 N–H and O–H groups in total. The summed E-state index contributed by atoms with van der Waals surface area (Å²) in [5.74, 6) is 0.0550. The van der Waals surface area contributed by atoms with E-state index in [0.717, 1.165) is 12.1 Å². The van der Waals surface area contributed by atoms with Gasteiger partial charge in [-0.25, -0.2) is 0 Å². The van der Waals surface area contributed by atoms with E-state index >= 15 is 0 Å². The maximum absolute atomic E-state index is 12.8. The SMILES string of the molecule is O=C(c1ccccn1)N1CC[C@@H]2[C@@H](CCC(=O)N2Cc2ccc(C(F)(F)F)cc2)C1. The molecule has 4 rings (SSSR count). The van der Waals surface area contributed by atoms with Gasteiger partial charge in [0.15, 0.2) is 0 Å². The second-order valence-corrected chi connectivity index (χ2v) is 7.84. The van der Waals surface area contributed by atoms with Crippen molar-refractivity contribution in [1.82, 2.24) is 14.8 Å². The summed E-state index contributed by atoms with van der Waals surface area (Å²) in [6.45, 7) is 1.36. The molecule has 8 heteroatoms. The van der Waals surface area contributed by atoms with Gasteiger partial charge in [0.25, 0.3) is 5.91 Å². The minimum Gasteiger partial charge on any atom is -0.337 e. The van der Waals surface area contributed by atoms with Crippen LogP contribution in [0, 0.1) is 5.92 Å². The van der Waals surface area contributed by atoms with Crippen LogP contribution in [0.2, 0.25) is 0 Å². The van der Waals surface area contributed by atoms with Crippen LogP contribution in [-0.2, 0) is 17.5 Å². The third kappa shape index (κ3) is 4.17. The molecule has 0 saturated carbocycles. The third-order valence-electron chi connectivity index (χ3n) is 5.95. The molecule has 2 fully saturated rings. The molecule has 0 radical (unpaired) electrons. The highest BCUT2D eigenvalue weighted by atomic mass is 19.4. The van der Waals surface area contributed by atoms with Crippen molar-refractivity contribution < 1.29 is 22.8 Å². The lowest BCUT2D eigenvalue weighted by Crippen LogP contribution is -2.56. The number of piperidine rings is 2. The normalized spacial score (nSPS) is 22.0. The monoisotopic (exact) mass is 417 g/mol. The smallest absolute Gasteiger partial charge is 0.337 e. The van der Waals surface area contributed by atoms with E-state index in [-0.39, 0.29) is 30.3 Å². The van der Waals surface area contributed by atoms with Gasteiger partial charge in [-0.15, -0.1) is 0 Å². The number of carbonyl (C=O) groups excluding carboxylic acids is 2. The molecule has 0 aliphatic carbocycles. The van der Waals surface area contributed by atoms with Gasteiger partial charge in [-0.05, 0) is 48.6 Å². The maximum atomic E-state index is 12.8. The Kier molecular flexibility index (Phi) is 5.49. The van der Waals surface area contributed by atoms with Crippen LogP contribution in [0.4, 0.5) is 13.2 Å². The van der Waals surface area contributed by atoms with Crippen molar-refractivity contribution in [3.63, 3.8) is 0 Å². The molecule has 30 heavy (non-hydrogen) atoms. The van der Waals surface area contributed by atoms with Crippen LogP contribution in [0.1, 0.15) is 40.9 Å². The molecule has 1 aromatic carbocycles. The number of aromatic nitrogens is 1. The van der Waals surface area contributed by atoms with Crippen LogP contribution in [0.3, 0.4) is 0 Å². The molecule has 2 aromatic rings. The first kappa shape index (κ1) is 20.4. The Balaban J connectivity index is 1.45. The molecule has 0 unspecified atom stereocenters. The number of benzene rings is 1. The molecular formula is C22H22F3N3O2. The van der Waals surface area contributed by atoms with E-state index in [2.05, 4.69) is 4.98 Å². The summed E-state index contributed by atoms with van der Waals surface area (Å²) < 4.78 is 38.4. The van der Waals surface area contributed by atoms with E-state index in [0.29, 0.717) is 43.6 Å². The molecule has 2 atom stereocenters. The Morgan fingerprint density at radius 2 is 1.87 bits per heavy atom. The second kappa shape index (κ2) is 8.08. The summed E-state index contributed by atoms with van der Waals surface area (Å²) in [7, 11) is 0. The molecule has 1 aromatic heterocycles. The van der Waals surface area contributed by atoms with Gasteiger partial charge in [0, 0.05) is 38.3 Å². The van der Waals surface area contributed by atoms with E-state index in [1.54, 1.807) is 34.2 Å². The van der Waals surface area contributed by atoms with Gasteiger partial charge in [0.1, 0.15) is 5.69 Å². The number of alkyl halides is 3. The van der Waals surface area contributed by atoms with Gasteiger partial charge in [0.05, 0.1) is 5.56 Å². The zero-order valence-corrected chi connectivity index (χ0v) is 16.3. The second-order valence-electron chi connectivity index (χ2n) is 7.84. The topological polar surface area (TPSA) is 53.5 Å². The molecule has 2 aliphatic rings. The molecule has 158 valence electrons. The lowest BCUT2D eigenvalue weighted by atomic mass is 9.83. The van der Waals surface area contributed by atoms with Gasteiger partial charge < -0.3 is 9.80 Å². The predicted octanol–water partition coefficient (Wildman–Crippen LogP) is 3.75. The van der Waals surface area contributed by atoms with E-state index in [9.17, 15) is 22.8 Å². The number of hydrogen-bond donors (Lipinski definition) is 0. The van der Waals surface area contributed by atoms with Crippen molar-refractivity contribution in [1.29, 1.82) is 0 Å². The molecular weight excluding hydrogens is 395 g/mol. The molecule has 2 saturated heterocycles. The summed E-state index contributed by atoms with van der Waals surface area (Å²) in [6.07, 6.45) is -1.05. The quantitative estimate of drug-likeness (QED) is 0.764.